The molecule has 0 aliphatic heterocycles. The van der Waals surface area contributed by atoms with Crippen LogP contribution in [0.15, 0.2) is 42.5 Å². The highest BCUT2D eigenvalue weighted by molar-refractivity contribution is 5.89. The molecule has 0 radical (unpaired) electrons. The molecule has 1 unspecified atom stereocenters. The quantitative estimate of drug-likeness (QED) is 0.544. The first kappa shape index (κ1) is 9.97. The van der Waals surface area contributed by atoms with Gasteiger partial charge in [0.05, 0.1) is 5.56 Å². The van der Waals surface area contributed by atoms with Crippen molar-refractivity contribution in [3.8, 4) is 0 Å². The Balaban J connectivity index is 2.01. The summed E-state index contributed by atoms with van der Waals surface area (Å²) in [4.78, 5) is 11.7. The highest BCUT2D eigenvalue weighted by Gasteiger charge is 2.23. The van der Waals surface area contributed by atoms with Crippen molar-refractivity contribution in [3.05, 3.63) is 48.0 Å². The molecule has 1 atom stereocenters. The Morgan fingerprint density at radius 2 is 2.07 bits per heavy atom. The van der Waals surface area contributed by atoms with Gasteiger partial charge in [-0.15, -0.1) is 0 Å². The van der Waals surface area contributed by atoms with Crippen molar-refractivity contribution in [1.29, 1.82) is 0 Å². The lowest BCUT2D eigenvalue weighted by atomic mass is 10.2. The second-order valence-electron chi connectivity index (χ2n) is 3.81. The molecule has 2 heteroatoms. The molecule has 0 heterocycles. The molecule has 0 amide bonds. The second kappa shape index (κ2) is 4.30. The van der Waals surface area contributed by atoms with Crippen LogP contribution < -0.4 is 0 Å². The molecule has 78 valence electrons. The third-order valence-corrected chi connectivity index (χ3v) is 2.68. The fraction of sp³-hybridized carbons (Fsp3) is 0.308. The van der Waals surface area contributed by atoms with E-state index in [1.165, 1.54) is 0 Å². The third-order valence-electron chi connectivity index (χ3n) is 2.68. The van der Waals surface area contributed by atoms with Crippen molar-refractivity contribution >= 4 is 5.97 Å². The van der Waals surface area contributed by atoms with Crippen molar-refractivity contribution in [1.82, 2.24) is 0 Å². The first-order valence-electron chi connectivity index (χ1n) is 5.21. The molecule has 15 heavy (non-hydrogen) atoms. The van der Waals surface area contributed by atoms with E-state index in [1.54, 1.807) is 12.1 Å². The summed E-state index contributed by atoms with van der Waals surface area (Å²) in [5, 5.41) is 0. The minimum atomic E-state index is -0.247. The summed E-state index contributed by atoms with van der Waals surface area (Å²) in [7, 11) is 0. The molecular weight excluding hydrogens is 188 g/mol. The van der Waals surface area contributed by atoms with Crippen LogP contribution in [0, 0.1) is 0 Å². The van der Waals surface area contributed by atoms with Gasteiger partial charge in [-0.3, -0.25) is 0 Å². The number of hydrogen-bond donors (Lipinski definition) is 0. The van der Waals surface area contributed by atoms with E-state index in [4.69, 9.17) is 4.74 Å². The number of carbonyl (C=O) groups excluding carboxylic acids is 1. The van der Waals surface area contributed by atoms with Gasteiger partial charge in [-0.2, -0.15) is 0 Å². The third kappa shape index (κ3) is 2.27. The highest BCUT2D eigenvalue weighted by atomic mass is 16.5. The first-order valence-corrected chi connectivity index (χ1v) is 5.21. The van der Waals surface area contributed by atoms with Gasteiger partial charge in [0, 0.05) is 0 Å². The van der Waals surface area contributed by atoms with E-state index in [1.807, 2.05) is 18.2 Å². The van der Waals surface area contributed by atoms with E-state index >= 15 is 0 Å². The van der Waals surface area contributed by atoms with Crippen LogP contribution in [0.1, 0.15) is 29.6 Å². The molecule has 1 aliphatic carbocycles. The van der Waals surface area contributed by atoms with Gasteiger partial charge in [0.1, 0.15) is 6.10 Å². The summed E-state index contributed by atoms with van der Waals surface area (Å²) in [6.07, 6.45) is 2.90. The molecule has 0 saturated heterocycles. The zero-order chi connectivity index (χ0) is 10.7. The Morgan fingerprint density at radius 3 is 2.67 bits per heavy atom. The molecule has 2 nitrogen and oxygen atoms in total. The maximum atomic E-state index is 11.7. The number of ether oxygens (including phenoxy) is 1. The van der Waals surface area contributed by atoms with Crippen LogP contribution in [0.2, 0.25) is 0 Å². The largest absolute Gasteiger partial charge is 0.454 e. The zero-order valence-electron chi connectivity index (χ0n) is 8.61. The maximum absolute atomic E-state index is 11.7. The maximum Gasteiger partial charge on any atom is 0.338 e. The summed E-state index contributed by atoms with van der Waals surface area (Å²) in [5.41, 5.74) is 1.65. The zero-order valence-corrected chi connectivity index (χ0v) is 8.61. The molecule has 1 aliphatic rings. The molecule has 0 N–H and O–H groups in total. The molecule has 1 aromatic rings. The average Bonchev–Trinajstić information content (AvgIpc) is 2.66. The summed E-state index contributed by atoms with van der Waals surface area (Å²) >= 11 is 0. The summed E-state index contributed by atoms with van der Waals surface area (Å²) in [6, 6.07) is 9.07. The van der Waals surface area contributed by atoms with E-state index in [0.717, 1.165) is 24.8 Å². The van der Waals surface area contributed by atoms with Crippen molar-refractivity contribution in [3.63, 3.8) is 0 Å². The summed E-state index contributed by atoms with van der Waals surface area (Å²) in [6.45, 7) is 3.91. The van der Waals surface area contributed by atoms with Crippen LogP contribution in [0.3, 0.4) is 0 Å². The minimum absolute atomic E-state index is 0.0716. The fourth-order valence-electron chi connectivity index (χ4n) is 1.79. The van der Waals surface area contributed by atoms with Gasteiger partial charge in [0.2, 0.25) is 0 Å². The van der Waals surface area contributed by atoms with Gasteiger partial charge in [-0.05, 0) is 37.0 Å². The van der Waals surface area contributed by atoms with Gasteiger partial charge in [0.15, 0.2) is 0 Å². The van der Waals surface area contributed by atoms with Crippen LogP contribution in [-0.2, 0) is 4.74 Å². The number of hydrogen-bond acceptors (Lipinski definition) is 2. The Bertz CT molecular complexity index is 367. The van der Waals surface area contributed by atoms with Gasteiger partial charge in [-0.1, -0.05) is 24.8 Å². The van der Waals surface area contributed by atoms with Crippen LogP contribution in [0.5, 0.6) is 0 Å². The molecule has 2 rings (SSSR count). The van der Waals surface area contributed by atoms with Crippen LogP contribution in [-0.4, -0.2) is 12.1 Å². The summed E-state index contributed by atoms with van der Waals surface area (Å²) in [5.74, 6) is -0.247. The van der Waals surface area contributed by atoms with Gasteiger partial charge in [0.25, 0.3) is 0 Å². The molecule has 1 fully saturated rings. The number of rotatable bonds is 2. The highest BCUT2D eigenvalue weighted by Crippen LogP contribution is 2.26. The smallest absolute Gasteiger partial charge is 0.338 e. The predicted molar refractivity (Wildman–Crippen MR) is 58.6 cm³/mol. The molecule has 1 saturated carbocycles. The average molecular weight is 202 g/mol. The monoisotopic (exact) mass is 202 g/mol. The standard InChI is InChI=1S/C13H14O2/c1-10-6-5-9-12(10)15-13(14)11-7-3-2-4-8-11/h2-4,7-8,12H,1,5-6,9H2. The van der Waals surface area contributed by atoms with Gasteiger partial charge >= 0.3 is 5.97 Å². The van der Waals surface area contributed by atoms with Crippen molar-refractivity contribution in [2.24, 2.45) is 0 Å². The fourth-order valence-corrected chi connectivity index (χ4v) is 1.79. The Kier molecular flexibility index (Phi) is 2.86. The second-order valence-corrected chi connectivity index (χ2v) is 3.81. The van der Waals surface area contributed by atoms with Crippen molar-refractivity contribution in [2.45, 2.75) is 25.4 Å². The molecule has 0 aromatic heterocycles. The predicted octanol–water partition coefficient (Wildman–Crippen LogP) is 2.95. The Labute approximate surface area is 89.6 Å². The lowest BCUT2D eigenvalue weighted by molar-refractivity contribution is 0.0386. The van der Waals surface area contributed by atoms with Gasteiger partial charge in [-0.25, -0.2) is 4.79 Å². The lowest BCUT2D eigenvalue weighted by Crippen LogP contribution is -2.16. The van der Waals surface area contributed by atoms with Crippen LogP contribution >= 0.6 is 0 Å². The molecular formula is C13H14O2. The number of benzene rings is 1. The number of carbonyl (C=O) groups is 1. The van der Waals surface area contributed by atoms with Crippen LogP contribution in [0.4, 0.5) is 0 Å². The normalized spacial score (nSPS) is 20.3. The molecule has 1 aromatic carbocycles. The van der Waals surface area contributed by atoms with Crippen molar-refractivity contribution in [2.75, 3.05) is 0 Å². The summed E-state index contributed by atoms with van der Waals surface area (Å²) < 4.78 is 5.37. The van der Waals surface area contributed by atoms with Crippen LogP contribution in [0.25, 0.3) is 0 Å². The minimum Gasteiger partial charge on any atom is -0.454 e. The van der Waals surface area contributed by atoms with Crippen molar-refractivity contribution < 1.29 is 9.53 Å². The SMILES string of the molecule is C=C1CCCC1OC(=O)c1ccccc1. The van der Waals surface area contributed by atoms with Gasteiger partial charge < -0.3 is 4.74 Å². The lowest BCUT2D eigenvalue weighted by Gasteiger charge is -2.12. The van der Waals surface area contributed by atoms with E-state index in [9.17, 15) is 4.79 Å². The Hall–Kier alpha value is -1.57. The van der Waals surface area contributed by atoms with E-state index in [-0.39, 0.29) is 12.1 Å². The van der Waals surface area contributed by atoms with E-state index in [2.05, 4.69) is 6.58 Å². The first-order chi connectivity index (χ1) is 7.27. The van der Waals surface area contributed by atoms with E-state index in [0.29, 0.717) is 5.56 Å². The Morgan fingerprint density at radius 1 is 1.33 bits per heavy atom. The van der Waals surface area contributed by atoms with E-state index < -0.39 is 0 Å². The molecule has 0 spiro atoms. The topological polar surface area (TPSA) is 26.3 Å². The molecule has 0 bridgehead atoms. The number of esters is 1.